The lowest BCUT2D eigenvalue weighted by molar-refractivity contribution is 1.82. The van der Waals surface area contributed by atoms with E-state index in [1.54, 1.807) is 0 Å². The molecule has 0 N–H and O–H groups in total. The molecule has 0 aliphatic rings. The summed E-state index contributed by atoms with van der Waals surface area (Å²) < 4.78 is 0. The second-order valence-corrected chi connectivity index (χ2v) is 4.04. The quantitative estimate of drug-likeness (QED) is 0.559. The summed E-state index contributed by atoms with van der Waals surface area (Å²) in [5.41, 5.74) is 0. The van der Waals surface area contributed by atoms with Crippen LogP contribution >= 0.6 is 18.5 Å². The predicted octanol–water partition coefficient (Wildman–Crippen LogP) is 1.84. The fourth-order valence-corrected chi connectivity index (χ4v) is 2.46. The topological polar surface area (TPSA) is 0 Å². The molecule has 60 valence electrons. The zero-order chi connectivity index (χ0) is 8.55. The van der Waals surface area contributed by atoms with Gasteiger partial charge in [-0.3, -0.25) is 0 Å². The van der Waals surface area contributed by atoms with E-state index in [4.69, 9.17) is 0 Å². The Balaban J connectivity index is 2.96. The van der Waals surface area contributed by atoms with Crippen molar-refractivity contribution < 1.29 is 0 Å². The molecule has 0 aliphatic heterocycles. The molecule has 2 unspecified atom stereocenters. The maximum atomic E-state index is 2.76. The standard InChI is InChI=1S/C10H10P2/c11-8-5-1-3-7-4-2-6-9(12)10(7)8/h1-6H,11-12H2. The van der Waals surface area contributed by atoms with Gasteiger partial charge in [0.15, 0.2) is 0 Å². The SMILES string of the molecule is Pc1cccc2cccc(P)c12. The molecule has 2 aromatic carbocycles. The Morgan fingerprint density at radius 1 is 0.750 bits per heavy atom. The van der Waals surface area contributed by atoms with E-state index in [1.807, 2.05) is 0 Å². The summed E-state index contributed by atoms with van der Waals surface area (Å²) in [7, 11) is 5.53. The molecular formula is C10H10P2. The summed E-state index contributed by atoms with van der Waals surface area (Å²) >= 11 is 0. The monoisotopic (exact) mass is 192 g/mol. The number of hydrogen-bond donors (Lipinski definition) is 0. The number of fused-ring (bicyclic) bond motifs is 1. The Labute approximate surface area is 76.8 Å². The first-order chi connectivity index (χ1) is 5.79. The highest BCUT2D eigenvalue weighted by Gasteiger charge is 1.97. The minimum Gasteiger partial charge on any atom is -0.105 e. The van der Waals surface area contributed by atoms with Crippen molar-refractivity contribution in [1.29, 1.82) is 0 Å². The molecule has 0 spiro atoms. The summed E-state index contributed by atoms with van der Waals surface area (Å²) in [6.45, 7) is 0. The molecule has 0 saturated heterocycles. The maximum absolute atomic E-state index is 2.76. The first-order valence-corrected chi connectivity index (χ1v) is 4.97. The molecule has 2 heteroatoms. The summed E-state index contributed by atoms with van der Waals surface area (Å²) in [6.07, 6.45) is 0. The van der Waals surface area contributed by atoms with Crippen molar-refractivity contribution in [2.24, 2.45) is 0 Å². The molecular weight excluding hydrogens is 182 g/mol. The van der Waals surface area contributed by atoms with Gasteiger partial charge in [-0.15, -0.1) is 18.5 Å². The van der Waals surface area contributed by atoms with Gasteiger partial charge >= 0.3 is 0 Å². The lowest BCUT2D eigenvalue weighted by atomic mass is 10.1. The molecule has 0 bridgehead atoms. The minimum absolute atomic E-state index is 1.26. The van der Waals surface area contributed by atoms with Gasteiger partial charge in [0.25, 0.3) is 0 Å². The first-order valence-electron chi connectivity index (χ1n) is 3.82. The van der Waals surface area contributed by atoms with Crippen LogP contribution in [0.1, 0.15) is 0 Å². The van der Waals surface area contributed by atoms with Crippen molar-refractivity contribution in [2.75, 3.05) is 0 Å². The Morgan fingerprint density at radius 2 is 1.25 bits per heavy atom. The zero-order valence-electron chi connectivity index (χ0n) is 6.62. The average Bonchev–Trinajstić information content (AvgIpc) is 2.04. The minimum atomic E-state index is 1.26. The fraction of sp³-hybridized carbons (Fsp3) is 0. The smallest absolute Gasteiger partial charge is 0.00405 e. The van der Waals surface area contributed by atoms with Crippen LogP contribution in [0.25, 0.3) is 10.8 Å². The van der Waals surface area contributed by atoms with Crippen molar-refractivity contribution in [1.82, 2.24) is 0 Å². The van der Waals surface area contributed by atoms with Gasteiger partial charge in [-0.25, -0.2) is 0 Å². The van der Waals surface area contributed by atoms with E-state index in [1.165, 1.54) is 21.4 Å². The van der Waals surface area contributed by atoms with E-state index in [9.17, 15) is 0 Å². The van der Waals surface area contributed by atoms with E-state index in [-0.39, 0.29) is 0 Å². The molecule has 0 aliphatic carbocycles. The van der Waals surface area contributed by atoms with E-state index in [0.717, 1.165) is 0 Å². The van der Waals surface area contributed by atoms with Crippen LogP contribution in [0.2, 0.25) is 0 Å². The molecule has 0 nitrogen and oxygen atoms in total. The fourth-order valence-electron chi connectivity index (χ4n) is 1.40. The van der Waals surface area contributed by atoms with E-state index >= 15 is 0 Å². The van der Waals surface area contributed by atoms with Crippen LogP contribution < -0.4 is 10.6 Å². The molecule has 2 atom stereocenters. The van der Waals surface area contributed by atoms with Crippen LogP contribution in [-0.2, 0) is 0 Å². The maximum Gasteiger partial charge on any atom is -0.00405 e. The molecule has 12 heavy (non-hydrogen) atoms. The highest BCUT2D eigenvalue weighted by atomic mass is 31.0. The van der Waals surface area contributed by atoms with Gasteiger partial charge in [0, 0.05) is 0 Å². The normalized spacial score (nSPS) is 10.5. The lowest BCUT2D eigenvalue weighted by Crippen LogP contribution is -2.02. The van der Waals surface area contributed by atoms with Crippen molar-refractivity contribution in [3.8, 4) is 0 Å². The molecule has 0 aromatic heterocycles. The molecule has 0 saturated carbocycles. The Kier molecular flexibility index (Phi) is 2.13. The van der Waals surface area contributed by atoms with Gasteiger partial charge in [0.05, 0.1) is 0 Å². The Morgan fingerprint density at radius 3 is 1.67 bits per heavy atom. The summed E-state index contributed by atoms with van der Waals surface area (Å²) in [5, 5.41) is 5.15. The second-order valence-electron chi connectivity index (χ2n) is 2.79. The summed E-state index contributed by atoms with van der Waals surface area (Å²) in [4.78, 5) is 0. The van der Waals surface area contributed by atoms with E-state index in [0.29, 0.717) is 0 Å². The molecule has 0 heterocycles. The highest BCUT2D eigenvalue weighted by molar-refractivity contribution is 7.31. The molecule has 0 fully saturated rings. The first kappa shape index (κ1) is 8.17. The van der Waals surface area contributed by atoms with Crippen molar-refractivity contribution in [3.05, 3.63) is 36.4 Å². The molecule has 0 amide bonds. The number of rotatable bonds is 0. The van der Waals surface area contributed by atoms with Crippen molar-refractivity contribution in [2.45, 2.75) is 0 Å². The van der Waals surface area contributed by atoms with Gasteiger partial charge in [0.1, 0.15) is 0 Å². The third-order valence-electron chi connectivity index (χ3n) is 1.97. The summed E-state index contributed by atoms with van der Waals surface area (Å²) in [6, 6.07) is 12.7. The van der Waals surface area contributed by atoms with Crippen LogP contribution in [0.15, 0.2) is 36.4 Å². The van der Waals surface area contributed by atoms with Gasteiger partial charge in [0.2, 0.25) is 0 Å². The van der Waals surface area contributed by atoms with Crippen molar-refractivity contribution in [3.63, 3.8) is 0 Å². The lowest BCUT2D eigenvalue weighted by Gasteiger charge is -2.03. The highest BCUT2D eigenvalue weighted by Crippen LogP contribution is 2.12. The van der Waals surface area contributed by atoms with Crippen LogP contribution in [0.5, 0.6) is 0 Å². The third-order valence-corrected chi connectivity index (χ3v) is 2.93. The van der Waals surface area contributed by atoms with E-state index in [2.05, 4.69) is 54.9 Å². The van der Waals surface area contributed by atoms with Gasteiger partial charge in [-0.1, -0.05) is 36.4 Å². The third kappa shape index (κ3) is 1.26. The largest absolute Gasteiger partial charge is 0.105 e. The number of hydrogen-bond acceptors (Lipinski definition) is 0. The van der Waals surface area contributed by atoms with Crippen LogP contribution in [0.4, 0.5) is 0 Å². The predicted molar refractivity (Wildman–Crippen MR) is 62.6 cm³/mol. The average molecular weight is 192 g/mol. The molecule has 2 rings (SSSR count). The number of benzene rings is 2. The molecule has 0 radical (unpaired) electrons. The van der Waals surface area contributed by atoms with Gasteiger partial charge in [-0.2, -0.15) is 0 Å². The summed E-state index contributed by atoms with van der Waals surface area (Å²) in [5.74, 6) is 0. The zero-order valence-corrected chi connectivity index (χ0v) is 8.93. The van der Waals surface area contributed by atoms with Crippen LogP contribution in [-0.4, -0.2) is 0 Å². The van der Waals surface area contributed by atoms with Crippen molar-refractivity contribution >= 4 is 39.9 Å². The molecule has 2 aromatic rings. The second kappa shape index (κ2) is 3.13. The Bertz CT molecular complexity index is 384. The van der Waals surface area contributed by atoms with Gasteiger partial charge < -0.3 is 0 Å². The van der Waals surface area contributed by atoms with Crippen LogP contribution in [0, 0.1) is 0 Å². The van der Waals surface area contributed by atoms with Crippen LogP contribution in [0.3, 0.4) is 0 Å². The van der Waals surface area contributed by atoms with E-state index < -0.39 is 0 Å². The Hall–Kier alpha value is -0.440. The van der Waals surface area contributed by atoms with Gasteiger partial charge in [-0.05, 0) is 21.4 Å².